The van der Waals surface area contributed by atoms with Crippen LogP contribution in [0.3, 0.4) is 0 Å². The lowest BCUT2D eigenvalue weighted by atomic mass is 10.2. The molecule has 0 heterocycles. The second-order valence-electron chi connectivity index (χ2n) is 4.69. The number of hydrogen-bond acceptors (Lipinski definition) is 5. The minimum Gasteiger partial charge on any atom is -0.466 e. The summed E-state index contributed by atoms with van der Waals surface area (Å²) >= 11 is 0. The van der Waals surface area contributed by atoms with E-state index in [-0.39, 0.29) is 6.61 Å². The zero-order valence-corrected chi connectivity index (χ0v) is 11.5. The van der Waals surface area contributed by atoms with Crippen LogP contribution in [0.4, 0.5) is 5.69 Å². The standard InChI is InChI=1S/C14H17N3O4/c1-2-21-14(20)11-9(10(11)13(19)17-15)12(18)16-8-6-4-3-5-7-8/h3-7,9-11H,2,15H2,1H3,(H,16,18)(H,17,19)/t9-,10-,11-/m1/s1. The molecule has 1 saturated carbocycles. The van der Waals surface area contributed by atoms with Crippen LogP contribution in [-0.4, -0.2) is 24.4 Å². The van der Waals surface area contributed by atoms with Crippen LogP contribution in [0.5, 0.6) is 0 Å². The predicted octanol–water partition coefficient (Wildman–Crippen LogP) is 0.0403. The molecule has 4 N–H and O–H groups in total. The summed E-state index contributed by atoms with van der Waals surface area (Å²) in [7, 11) is 0. The number of nitrogens with two attached hydrogens (primary N) is 1. The maximum Gasteiger partial charge on any atom is 0.310 e. The van der Waals surface area contributed by atoms with Gasteiger partial charge in [0.15, 0.2) is 0 Å². The smallest absolute Gasteiger partial charge is 0.310 e. The first kappa shape index (κ1) is 15.0. The fourth-order valence-electron chi connectivity index (χ4n) is 2.34. The van der Waals surface area contributed by atoms with Gasteiger partial charge in [0, 0.05) is 5.69 Å². The van der Waals surface area contributed by atoms with Gasteiger partial charge in [0.25, 0.3) is 0 Å². The number of benzene rings is 1. The fraction of sp³-hybridized carbons (Fsp3) is 0.357. The molecule has 1 aromatic carbocycles. The Balaban J connectivity index is 2.07. The SMILES string of the molecule is CCOC(=O)[C@H]1[C@H](C(=O)NN)[C@H]1C(=O)Nc1ccccc1. The normalized spacial score (nSPS) is 23.0. The highest BCUT2D eigenvalue weighted by molar-refractivity contribution is 6.05. The van der Waals surface area contributed by atoms with Crippen LogP contribution in [-0.2, 0) is 19.1 Å². The Hall–Kier alpha value is -2.41. The molecule has 2 amide bonds. The van der Waals surface area contributed by atoms with Gasteiger partial charge < -0.3 is 10.1 Å². The first-order valence-corrected chi connectivity index (χ1v) is 6.63. The summed E-state index contributed by atoms with van der Waals surface area (Å²) in [5.41, 5.74) is 2.58. The lowest BCUT2D eigenvalue weighted by Crippen LogP contribution is -2.33. The van der Waals surface area contributed by atoms with Crippen molar-refractivity contribution in [2.75, 3.05) is 11.9 Å². The van der Waals surface area contributed by atoms with Crippen LogP contribution in [0.1, 0.15) is 6.92 Å². The van der Waals surface area contributed by atoms with Crippen molar-refractivity contribution in [1.29, 1.82) is 0 Å². The van der Waals surface area contributed by atoms with Crippen molar-refractivity contribution < 1.29 is 19.1 Å². The van der Waals surface area contributed by atoms with Crippen molar-refractivity contribution in [3.8, 4) is 0 Å². The number of carbonyl (C=O) groups excluding carboxylic acids is 3. The third kappa shape index (κ3) is 3.19. The molecule has 7 nitrogen and oxygen atoms in total. The topological polar surface area (TPSA) is 111 Å². The first-order valence-electron chi connectivity index (χ1n) is 6.63. The number of hydrogen-bond donors (Lipinski definition) is 3. The number of rotatable bonds is 5. The summed E-state index contributed by atoms with van der Waals surface area (Å²) in [4.78, 5) is 35.6. The molecule has 21 heavy (non-hydrogen) atoms. The zero-order valence-electron chi connectivity index (χ0n) is 11.5. The zero-order chi connectivity index (χ0) is 15.4. The summed E-state index contributed by atoms with van der Waals surface area (Å²) < 4.78 is 4.88. The van der Waals surface area contributed by atoms with Crippen LogP contribution in [0.2, 0.25) is 0 Å². The van der Waals surface area contributed by atoms with Gasteiger partial charge in [-0.3, -0.25) is 19.8 Å². The molecule has 3 atom stereocenters. The number of nitrogens with one attached hydrogen (secondary N) is 2. The maximum atomic E-state index is 12.2. The quantitative estimate of drug-likeness (QED) is 0.307. The van der Waals surface area contributed by atoms with E-state index in [1.54, 1.807) is 31.2 Å². The largest absolute Gasteiger partial charge is 0.466 e. The van der Waals surface area contributed by atoms with E-state index in [0.717, 1.165) is 0 Å². The number of hydrazine groups is 1. The molecular weight excluding hydrogens is 274 g/mol. The Labute approximate surface area is 121 Å². The predicted molar refractivity (Wildman–Crippen MR) is 74.5 cm³/mol. The third-order valence-electron chi connectivity index (χ3n) is 3.37. The third-order valence-corrected chi connectivity index (χ3v) is 3.37. The highest BCUT2D eigenvalue weighted by Crippen LogP contribution is 2.48. The van der Waals surface area contributed by atoms with Crippen molar-refractivity contribution in [3.05, 3.63) is 30.3 Å². The van der Waals surface area contributed by atoms with E-state index < -0.39 is 35.5 Å². The molecule has 7 heteroatoms. The molecule has 0 bridgehead atoms. The molecule has 1 aromatic rings. The van der Waals surface area contributed by atoms with Gasteiger partial charge in [-0.25, -0.2) is 5.84 Å². The van der Waals surface area contributed by atoms with Crippen LogP contribution in [0.25, 0.3) is 0 Å². The lowest BCUT2D eigenvalue weighted by molar-refractivity contribution is -0.146. The summed E-state index contributed by atoms with van der Waals surface area (Å²) in [5, 5.41) is 2.67. The molecule has 0 unspecified atom stereocenters. The Bertz CT molecular complexity index is 546. The monoisotopic (exact) mass is 291 g/mol. The average molecular weight is 291 g/mol. The van der Waals surface area contributed by atoms with Gasteiger partial charge in [0.1, 0.15) is 0 Å². The van der Waals surface area contributed by atoms with Gasteiger partial charge in [-0.15, -0.1) is 0 Å². The number of para-hydroxylation sites is 1. The Morgan fingerprint density at radius 2 is 1.71 bits per heavy atom. The number of amides is 2. The van der Waals surface area contributed by atoms with E-state index in [0.29, 0.717) is 5.69 Å². The molecular formula is C14H17N3O4. The molecule has 1 aliphatic carbocycles. The van der Waals surface area contributed by atoms with Crippen molar-refractivity contribution in [2.24, 2.45) is 23.6 Å². The van der Waals surface area contributed by atoms with Crippen molar-refractivity contribution in [3.63, 3.8) is 0 Å². The molecule has 1 fully saturated rings. The molecule has 1 aliphatic rings. The van der Waals surface area contributed by atoms with Gasteiger partial charge >= 0.3 is 5.97 Å². The van der Waals surface area contributed by atoms with Crippen molar-refractivity contribution >= 4 is 23.5 Å². The van der Waals surface area contributed by atoms with Crippen LogP contribution >= 0.6 is 0 Å². The highest BCUT2D eigenvalue weighted by atomic mass is 16.5. The van der Waals surface area contributed by atoms with Gasteiger partial charge in [0.05, 0.1) is 24.4 Å². The Morgan fingerprint density at radius 3 is 2.29 bits per heavy atom. The van der Waals surface area contributed by atoms with Crippen molar-refractivity contribution in [1.82, 2.24) is 5.43 Å². The summed E-state index contributed by atoms with van der Waals surface area (Å²) in [6.07, 6.45) is 0. The van der Waals surface area contributed by atoms with Crippen LogP contribution in [0, 0.1) is 17.8 Å². The van der Waals surface area contributed by atoms with Crippen LogP contribution < -0.4 is 16.6 Å². The van der Waals surface area contributed by atoms with E-state index in [1.165, 1.54) is 0 Å². The van der Waals surface area contributed by atoms with Crippen LogP contribution in [0.15, 0.2) is 30.3 Å². The number of anilines is 1. The van der Waals surface area contributed by atoms with Gasteiger partial charge in [-0.2, -0.15) is 0 Å². The average Bonchev–Trinajstić information content (AvgIpc) is 3.23. The summed E-state index contributed by atoms with van der Waals surface area (Å²) in [6, 6.07) is 8.80. The molecule has 0 radical (unpaired) electrons. The molecule has 2 rings (SSSR count). The molecule has 0 aromatic heterocycles. The van der Waals surface area contributed by atoms with E-state index >= 15 is 0 Å². The highest BCUT2D eigenvalue weighted by Gasteiger charge is 2.63. The van der Waals surface area contributed by atoms with E-state index in [9.17, 15) is 14.4 Å². The summed E-state index contributed by atoms with van der Waals surface area (Å²) in [6.45, 7) is 1.86. The molecule has 0 spiro atoms. The minimum absolute atomic E-state index is 0.194. The summed E-state index contributed by atoms with van der Waals surface area (Å²) in [5.74, 6) is 1.27. The Kier molecular flexibility index (Phi) is 4.54. The first-order chi connectivity index (χ1) is 10.1. The Morgan fingerprint density at radius 1 is 1.10 bits per heavy atom. The van der Waals surface area contributed by atoms with E-state index in [1.807, 2.05) is 11.5 Å². The van der Waals surface area contributed by atoms with Gasteiger partial charge in [0.2, 0.25) is 11.8 Å². The number of ether oxygens (including phenoxy) is 1. The van der Waals surface area contributed by atoms with E-state index in [4.69, 9.17) is 10.6 Å². The number of esters is 1. The number of carbonyl (C=O) groups is 3. The van der Waals surface area contributed by atoms with Gasteiger partial charge in [-0.05, 0) is 19.1 Å². The van der Waals surface area contributed by atoms with Crippen molar-refractivity contribution in [2.45, 2.75) is 6.92 Å². The van der Waals surface area contributed by atoms with E-state index in [2.05, 4.69) is 5.32 Å². The lowest BCUT2D eigenvalue weighted by Gasteiger charge is -2.04. The van der Waals surface area contributed by atoms with Gasteiger partial charge in [-0.1, -0.05) is 18.2 Å². The second-order valence-corrected chi connectivity index (χ2v) is 4.69. The molecule has 0 saturated heterocycles. The minimum atomic E-state index is -0.780. The maximum absolute atomic E-state index is 12.2. The second kappa shape index (κ2) is 6.36. The fourth-order valence-corrected chi connectivity index (χ4v) is 2.34. The molecule has 112 valence electrons. The molecule has 0 aliphatic heterocycles.